The number of nitriles is 1. The Morgan fingerprint density at radius 3 is 2.40 bits per heavy atom. The van der Waals surface area contributed by atoms with Crippen molar-refractivity contribution >= 4 is 5.97 Å². The highest BCUT2D eigenvalue weighted by Gasteiger charge is 2.36. The van der Waals surface area contributed by atoms with Gasteiger partial charge < -0.3 is 4.74 Å². The topological polar surface area (TPSA) is 50.1 Å². The highest BCUT2D eigenvalue weighted by molar-refractivity contribution is 5.89. The summed E-state index contributed by atoms with van der Waals surface area (Å²) in [6.45, 7) is 4.32. The van der Waals surface area contributed by atoms with E-state index in [9.17, 15) is 10.1 Å². The molecule has 1 aliphatic carbocycles. The molecule has 0 aromatic heterocycles. The molecule has 0 amide bonds. The van der Waals surface area contributed by atoms with Gasteiger partial charge in [0.15, 0.2) is 0 Å². The number of nitrogens with zero attached hydrogens (tertiary/aromatic N) is 1. The number of carbonyl (C=O) groups is 1. The van der Waals surface area contributed by atoms with Gasteiger partial charge in [-0.25, -0.2) is 4.79 Å². The van der Waals surface area contributed by atoms with E-state index in [0.717, 1.165) is 44.9 Å². The zero-order valence-electron chi connectivity index (χ0n) is 15.7. The molecular formula is C22H31NO2. The third kappa shape index (κ3) is 5.59. The first-order valence-corrected chi connectivity index (χ1v) is 9.83. The summed E-state index contributed by atoms with van der Waals surface area (Å²) >= 11 is 0. The lowest BCUT2D eigenvalue weighted by molar-refractivity contribution is 0.0106. The highest BCUT2D eigenvalue weighted by atomic mass is 16.5. The van der Waals surface area contributed by atoms with Crippen molar-refractivity contribution in [3.63, 3.8) is 0 Å². The van der Waals surface area contributed by atoms with Crippen molar-refractivity contribution in [1.29, 1.82) is 5.26 Å². The molecular weight excluding hydrogens is 310 g/mol. The molecule has 0 heterocycles. The largest absolute Gasteiger partial charge is 0.459 e. The third-order valence-corrected chi connectivity index (χ3v) is 5.39. The molecule has 0 atom stereocenters. The van der Waals surface area contributed by atoms with E-state index in [1.807, 2.05) is 24.3 Å². The Morgan fingerprint density at radius 1 is 1.16 bits per heavy atom. The summed E-state index contributed by atoms with van der Waals surface area (Å²) in [6, 6.07) is 10.3. The molecule has 0 unspecified atom stereocenters. The van der Waals surface area contributed by atoms with E-state index in [4.69, 9.17) is 4.74 Å². The summed E-state index contributed by atoms with van der Waals surface area (Å²) in [7, 11) is 0. The van der Waals surface area contributed by atoms with Crippen LogP contribution in [0.15, 0.2) is 24.3 Å². The summed E-state index contributed by atoms with van der Waals surface area (Å²) in [5.74, 6) is -0.231. The van der Waals surface area contributed by atoms with E-state index in [-0.39, 0.29) is 17.5 Å². The van der Waals surface area contributed by atoms with Crippen LogP contribution in [0.5, 0.6) is 0 Å². The van der Waals surface area contributed by atoms with Crippen LogP contribution in [-0.4, -0.2) is 12.1 Å². The lowest BCUT2D eigenvalue weighted by Gasteiger charge is -2.34. The standard InChI is InChI=1S/C22H31NO2/c1-3-5-6-7-18-8-10-19(11-9-18)21(24)25-20-12-15-22(17-23,14-4-2)16-13-20/h8-11,20H,3-7,12-16H2,1-2H3/t20-,22-. The fourth-order valence-corrected chi connectivity index (χ4v) is 3.76. The lowest BCUT2D eigenvalue weighted by Crippen LogP contribution is -2.31. The zero-order valence-corrected chi connectivity index (χ0v) is 15.7. The predicted octanol–water partition coefficient (Wildman–Crippen LogP) is 5.83. The van der Waals surface area contributed by atoms with Gasteiger partial charge in [0.1, 0.15) is 6.10 Å². The number of rotatable bonds is 8. The van der Waals surface area contributed by atoms with Gasteiger partial charge >= 0.3 is 5.97 Å². The molecule has 1 saturated carbocycles. The number of hydrogen-bond donors (Lipinski definition) is 0. The van der Waals surface area contributed by atoms with Crippen LogP contribution in [0.25, 0.3) is 0 Å². The molecule has 1 aliphatic rings. The first kappa shape index (κ1) is 19.5. The monoisotopic (exact) mass is 341 g/mol. The third-order valence-electron chi connectivity index (χ3n) is 5.39. The van der Waals surface area contributed by atoms with Crippen LogP contribution in [0.1, 0.15) is 87.6 Å². The van der Waals surface area contributed by atoms with Crippen LogP contribution in [0.2, 0.25) is 0 Å². The number of hydrogen-bond acceptors (Lipinski definition) is 3. The van der Waals surface area contributed by atoms with Crippen molar-refractivity contribution in [2.24, 2.45) is 5.41 Å². The molecule has 1 fully saturated rings. The van der Waals surface area contributed by atoms with Gasteiger partial charge in [0.25, 0.3) is 0 Å². The van der Waals surface area contributed by atoms with E-state index in [1.165, 1.54) is 24.8 Å². The Morgan fingerprint density at radius 2 is 1.84 bits per heavy atom. The predicted molar refractivity (Wildman–Crippen MR) is 100 cm³/mol. The quantitative estimate of drug-likeness (QED) is 0.441. The van der Waals surface area contributed by atoms with Crippen molar-refractivity contribution in [1.82, 2.24) is 0 Å². The van der Waals surface area contributed by atoms with Crippen LogP contribution in [0.3, 0.4) is 0 Å². The Hall–Kier alpha value is -1.82. The molecule has 1 aromatic rings. The Bertz CT molecular complexity index is 577. The highest BCUT2D eigenvalue weighted by Crippen LogP contribution is 2.40. The number of ether oxygens (including phenoxy) is 1. The smallest absolute Gasteiger partial charge is 0.338 e. The van der Waals surface area contributed by atoms with E-state index >= 15 is 0 Å². The van der Waals surface area contributed by atoms with Gasteiger partial charge in [0.05, 0.1) is 17.0 Å². The maximum Gasteiger partial charge on any atom is 0.338 e. The molecule has 2 rings (SSSR count). The average molecular weight is 341 g/mol. The van der Waals surface area contributed by atoms with Crippen LogP contribution >= 0.6 is 0 Å². The maximum absolute atomic E-state index is 12.4. The lowest BCUT2D eigenvalue weighted by atomic mass is 9.71. The molecule has 1 aromatic carbocycles. The van der Waals surface area contributed by atoms with E-state index in [2.05, 4.69) is 19.9 Å². The van der Waals surface area contributed by atoms with Gasteiger partial charge in [-0.15, -0.1) is 0 Å². The average Bonchev–Trinajstić information content (AvgIpc) is 2.64. The molecule has 3 nitrogen and oxygen atoms in total. The molecule has 0 radical (unpaired) electrons. The number of esters is 1. The minimum absolute atomic E-state index is 0.0462. The Kier molecular flexibility index (Phi) is 7.50. The number of carbonyl (C=O) groups excluding carboxylic acids is 1. The van der Waals surface area contributed by atoms with Gasteiger partial charge in [-0.1, -0.05) is 45.2 Å². The normalized spacial score (nSPS) is 23.0. The Labute approximate surface area is 152 Å². The van der Waals surface area contributed by atoms with Gasteiger partial charge in [-0.3, -0.25) is 0 Å². The SMILES string of the molecule is CCCCCc1ccc(C(=O)O[C@H]2CC[C@@](C#N)(CCC)CC2)cc1. The minimum Gasteiger partial charge on any atom is -0.459 e. The van der Waals surface area contributed by atoms with Crippen molar-refractivity contribution in [2.75, 3.05) is 0 Å². The second kappa shape index (κ2) is 9.61. The molecule has 136 valence electrons. The van der Waals surface area contributed by atoms with Crippen LogP contribution in [-0.2, 0) is 11.2 Å². The minimum atomic E-state index is -0.231. The van der Waals surface area contributed by atoms with Crippen molar-refractivity contribution in [2.45, 2.75) is 84.2 Å². The van der Waals surface area contributed by atoms with E-state index in [1.54, 1.807) is 0 Å². The van der Waals surface area contributed by atoms with Gasteiger partial charge in [-0.05, 0) is 62.6 Å². The molecule has 0 bridgehead atoms. The molecule has 0 N–H and O–H groups in total. The summed E-state index contributed by atoms with van der Waals surface area (Å²) in [6.07, 6.45) is 9.94. The van der Waals surface area contributed by atoms with E-state index < -0.39 is 0 Å². The number of aryl methyl sites for hydroxylation is 1. The number of benzene rings is 1. The summed E-state index contributed by atoms with van der Waals surface area (Å²) in [5, 5.41) is 9.46. The number of unbranched alkanes of at least 4 members (excludes halogenated alkanes) is 2. The Balaban J connectivity index is 1.83. The fraction of sp³-hybridized carbons (Fsp3) is 0.636. The molecule has 0 saturated heterocycles. The summed E-state index contributed by atoms with van der Waals surface area (Å²) in [5.41, 5.74) is 1.71. The van der Waals surface area contributed by atoms with Crippen molar-refractivity contribution < 1.29 is 9.53 Å². The van der Waals surface area contributed by atoms with Crippen molar-refractivity contribution in [3.05, 3.63) is 35.4 Å². The molecule has 3 heteroatoms. The molecule has 25 heavy (non-hydrogen) atoms. The first-order chi connectivity index (χ1) is 12.1. The van der Waals surface area contributed by atoms with Crippen LogP contribution in [0.4, 0.5) is 0 Å². The van der Waals surface area contributed by atoms with Crippen LogP contribution in [0, 0.1) is 16.7 Å². The zero-order chi connectivity index (χ0) is 18.1. The summed E-state index contributed by atoms with van der Waals surface area (Å²) < 4.78 is 5.68. The van der Waals surface area contributed by atoms with Gasteiger partial charge in [-0.2, -0.15) is 5.26 Å². The molecule has 0 spiro atoms. The second-order valence-electron chi connectivity index (χ2n) is 7.40. The fourth-order valence-electron chi connectivity index (χ4n) is 3.76. The second-order valence-corrected chi connectivity index (χ2v) is 7.40. The van der Waals surface area contributed by atoms with Gasteiger partial charge in [0, 0.05) is 0 Å². The summed E-state index contributed by atoms with van der Waals surface area (Å²) in [4.78, 5) is 12.4. The maximum atomic E-state index is 12.4. The molecule has 0 aliphatic heterocycles. The van der Waals surface area contributed by atoms with Gasteiger partial charge in [0.2, 0.25) is 0 Å². The van der Waals surface area contributed by atoms with Crippen molar-refractivity contribution in [3.8, 4) is 6.07 Å². The van der Waals surface area contributed by atoms with Crippen LogP contribution < -0.4 is 0 Å². The first-order valence-electron chi connectivity index (χ1n) is 9.83. The van der Waals surface area contributed by atoms with E-state index in [0.29, 0.717) is 5.56 Å².